The molecule has 1 aromatic rings. The second-order valence-electron chi connectivity index (χ2n) is 2.81. The Kier molecular flexibility index (Phi) is 4.81. The molecule has 1 rings (SSSR count). The lowest BCUT2D eigenvalue weighted by molar-refractivity contribution is -0.676. The predicted molar refractivity (Wildman–Crippen MR) is 61.8 cm³/mol. The van der Waals surface area contributed by atoms with E-state index in [1.165, 1.54) is 15.8 Å². The molecule has 0 aromatic carbocycles. The third-order valence-corrected chi connectivity index (χ3v) is 3.48. The number of pyridine rings is 1. The Morgan fingerprint density at radius 3 is 2.77 bits per heavy atom. The van der Waals surface area contributed by atoms with E-state index >= 15 is 0 Å². The average Bonchev–Trinajstić information content (AvgIpc) is 2.15. The summed E-state index contributed by atoms with van der Waals surface area (Å²) in [4.78, 5) is 0. The van der Waals surface area contributed by atoms with Gasteiger partial charge in [0.2, 0.25) is 0 Å². The van der Waals surface area contributed by atoms with Gasteiger partial charge < -0.3 is 0 Å². The van der Waals surface area contributed by atoms with Gasteiger partial charge in [0.05, 0.1) is 4.47 Å². The first-order valence-corrected chi connectivity index (χ1v) is 6.48. The van der Waals surface area contributed by atoms with Gasteiger partial charge in [-0.1, -0.05) is 25.6 Å². The molecule has 0 fully saturated rings. The van der Waals surface area contributed by atoms with Gasteiger partial charge in [0.1, 0.15) is 0 Å². The van der Waals surface area contributed by atoms with E-state index in [1.807, 2.05) is 11.8 Å². The molecule has 0 unspecified atom stereocenters. The lowest BCUT2D eigenvalue weighted by Gasteiger charge is -1.99. The molecule has 72 valence electrons. The van der Waals surface area contributed by atoms with Crippen LogP contribution in [0.5, 0.6) is 0 Å². The van der Waals surface area contributed by atoms with Crippen molar-refractivity contribution in [1.82, 2.24) is 0 Å². The maximum Gasteiger partial charge on any atom is 0.194 e. The Bertz CT molecular complexity index is 276. The molecular weight excluding hydrogens is 246 g/mol. The number of aromatic nitrogens is 1. The Labute approximate surface area is 92.7 Å². The molecule has 0 amide bonds. The smallest absolute Gasteiger partial charge is 0.194 e. The van der Waals surface area contributed by atoms with Crippen molar-refractivity contribution in [2.45, 2.75) is 26.1 Å². The molecule has 0 saturated heterocycles. The molecule has 0 radical (unpaired) electrons. The molecule has 1 nitrogen and oxygen atoms in total. The van der Waals surface area contributed by atoms with Crippen LogP contribution in [-0.2, 0) is 12.3 Å². The monoisotopic (exact) mass is 260 g/mol. The first-order valence-electron chi connectivity index (χ1n) is 4.53. The van der Waals surface area contributed by atoms with Crippen LogP contribution in [0.3, 0.4) is 0 Å². The van der Waals surface area contributed by atoms with Crippen LogP contribution in [0.1, 0.15) is 19.4 Å². The van der Waals surface area contributed by atoms with Crippen LogP contribution >= 0.6 is 27.7 Å². The lowest BCUT2D eigenvalue weighted by atomic mass is 10.2. The highest BCUT2D eigenvalue weighted by atomic mass is 79.9. The molecule has 3 heteroatoms. The highest BCUT2D eigenvalue weighted by Crippen LogP contribution is 2.14. The van der Waals surface area contributed by atoms with Crippen LogP contribution in [0.15, 0.2) is 22.9 Å². The molecule has 13 heavy (non-hydrogen) atoms. The molecule has 0 aliphatic carbocycles. The predicted octanol–water partition coefficient (Wildman–Crippen LogP) is 3.01. The number of hydrogen-bond donors (Lipinski definition) is 0. The molecule has 1 heterocycles. The van der Waals surface area contributed by atoms with E-state index in [9.17, 15) is 0 Å². The van der Waals surface area contributed by atoms with Gasteiger partial charge in [0.25, 0.3) is 0 Å². The molecule has 0 atom stereocenters. The normalized spacial score (nSPS) is 10.4. The van der Waals surface area contributed by atoms with Crippen LogP contribution in [0, 0.1) is 0 Å². The zero-order chi connectivity index (χ0) is 9.68. The summed E-state index contributed by atoms with van der Waals surface area (Å²) in [5, 5.41) is 0. The van der Waals surface area contributed by atoms with Crippen molar-refractivity contribution in [3.8, 4) is 0 Å². The summed E-state index contributed by atoms with van der Waals surface area (Å²) in [5.74, 6) is 2.21. The van der Waals surface area contributed by atoms with E-state index < -0.39 is 0 Å². The van der Waals surface area contributed by atoms with Crippen LogP contribution in [0.25, 0.3) is 0 Å². The summed E-state index contributed by atoms with van der Waals surface area (Å²) < 4.78 is 3.42. The van der Waals surface area contributed by atoms with Crippen molar-refractivity contribution < 1.29 is 4.57 Å². The number of hydrogen-bond acceptors (Lipinski definition) is 1. The number of halogens is 1. The summed E-state index contributed by atoms with van der Waals surface area (Å²) in [6.07, 6.45) is 5.39. The van der Waals surface area contributed by atoms with E-state index in [0.29, 0.717) is 0 Å². The topological polar surface area (TPSA) is 3.88 Å². The minimum atomic E-state index is 1.04. The van der Waals surface area contributed by atoms with Crippen LogP contribution in [0.4, 0.5) is 0 Å². The number of thioether (sulfide) groups is 1. The molecule has 0 spiro atoms. The molecule has 0 bridgehead atoms. The van der Waals surface area contributed by atoms with E-state index in [2.05, 4.69) is 52.8 Å². The summed E-state index contributed by atoms with van der Waals surface area (Å²) in [6.45, 7) is 4.35. The Hall–Kier alpha value is -0.0200. The van der Waals surface area contributed by atoms with Gasteiger partial charge >= 0.3 is 0 Å². The van der Waals surface area contributed by atoms with E-state index in [0.717, 1.165) is 12.3 Å². The van der Waals surface area contributed by atoms with E-state index in [4.69, 9.17) is 0 Å². The minimum absolute atomic E-state index is 1.04. The van der Waals surface area contributed by atoms with Crippen molar-refractivity contribution in [2.75, 3.05) is 5.75 Å². The van der Waals surface area contributed by atoms with Crippen LogP contribution in [-0.4, -0.2) is 5.75 Å². The zero-order valence-corrected chi connectivity index (χ0v) is 10.5. The fourth-order valence-corrected chi connectivity index (χ4v) is 2.33. The second-order valence-corrected chi connectivity index (χ2v) is 4.91. The highest BCUT2D eigenvalue weighted by Gasteiger charge is 2.04. The van der Waals surface area contributed by atoms with Gasteiger partial charge in [-0.2, -0.15) is 4.57 Å². The maximum atomic E-state index is 3.57. The van der Waals surface area contributed by atoms with Crippen molar-refractivity contribution in [2.24, 2.45) is 0 Å². The van der Waals surface area contributed by atoms with Gasteiger partial charge in [-0.25, -0.2) is 0 Å². The van der Waals surface area contributed by atoms with Gasteiger partial charge in [-0.3, -0.25) is 0 Å². The fraction of sp³-hybridized carbons (Fsp3) is 0.500. The fourth-order valence-electron chi connectivity index (χ4n) is 1.10. The van der Waals surface area contributed by atoms with Gasteiger partial charge in [-0.15, -0.1) is 0 Å². The van der Waals surface area contributed by atoms with Crippen molar-refractivity contribution in [3.05, 3.63) is 28.5 Å². The number of aryl methyl sites for hydroxylation is 1. The standard InChI is InChI=1S/C10H15BrNS/c1-3-9-5-6-12(7-10(9)11)8-13-4-2/h5-7H,3-4,8H2,1-2H3/q+1. The molecule has 0 saturated carbocycles. The second kappa shape index (κ2) is 5.66. The van der Waals surface area contributed by atoms with Gasteiger partial charge in [0, 0.05) is 6.07 Å². The molecule has 1 aromatic heterocycles. The third-order valence-electron chi connectivity index (χ3n) is 1.88. The molecule has 0 aliphatic rings. The Morgan fingerprint density at radius 1 is 1.46 bits per heavy atom. The van der Waals surface area contributed by atoms with Gasteiger partial charge in [-0.05, 0) is 33.7 Å². The average molecular weight is 261 g/mol. The SMILES string of the molecule is CCSC[n+]1ccc(CC)c(Br)c1. The van der Waals surface area contributed by atoms with Crippen molar-refractivity contribution in [1.29, 1.82) is 0 Å². The zero-order valence-electron chi connectivity index (χ0n) is 8.09. The lowest BCUT2D eigenvalue weighted by Crippen LogP contribution is -2.31. The Balaban J connectivity index is 2.71. The largest absolute Gasteiger partial charge is 0.194 e. The molecular formula is C10H15BrNS+. The van der Waals surface area contributed by atoms with Crippen molar-refractivity contribution in [3.63, 3.8) is 0 Å². The van der Waals surface area contributed by atoms with Crippen LogP contribution < -0.4 is 4.57 Å². The van der Waals surface area contributed by atoms with E-state index in [1.54, 1.807) is 0 Å². The quantitative estimate of drug-likeness (QED) is 0.753. The summed E-state index contributed by atoms with van der Waals surface area (Å²) in [6, 6.07) is 2.18. The summed E-state index contributed by atoms with van der Waals surface area (Å²) in [7, 11) is 0. The van der Waals surface area contributed by atoms with Gasteiger partial charge in [0.15, 0.2) is 18.3 Å². The highest BCUT2D eigenvalue weighted by molar-refractivity contribution is 9.10. The first-order chi connectivity index (χ1) is 6.27. The maximum absolute atomic E-state index is 3.57. The number of rotatable bonds is 4. The number of nitrogens with zero attached hydrogens (tertiary/aromatic N) is 1. The molecule has 0 N–H and O–H groups in total. The minimum Gasteiger partial charge on any atom is -0.194 e. The third kappa shape index (κ3) is 3.31. The van der Waals surface area contributed by atoms with Crippen LogP contribution in [0.2, 0.25) is 0 Å². The van der Waals surface area contributed by atoms with Crippen molar-refractivity contribution >= 4 is 27.7 Å². The molecule has 0 aliphatic heterocycles. The van der Waals surface area contributed by atoms with E-state index in [-0.39, 0.29) is 0 Å². The summed E-state index contributed by atoms with van der Waals surface area (Å²) in [5.41, 5.74) is 1.37. The Morgan fingerprint density at radius 2 is 2.23 bits per heavy atom. The summed E-state index contributed by atoms with van der Waals surface area (Å²) >= 11 is 5.49. The first kappa shape index (κ1) is 11.1.